The highest BCUT2D eigenvalue weighted by atomic mass is 31.1. The molecule has 0 saturated carbocycles. The van der Waals surface area contributed by atoms with Gasteiger partial charge in [0.1, 0.15) is 17.6 Å². The lowest BCUT2D eigenvalue weighted by molar-refractivity contribution is -0.147. The van der Waals surface area contributed by atoms with Crippen molar-refractivity contribution >= 4 is 29.7 Å². The van der Waals surface area contributed by atoms with Crippen molar-refractivity contribution in [1.82, 2.24) is 0 Å². The number of phenols is 1. The van der Waals surface area contributed by atoms with Crippen LogP contribution in [-0.4, -0.2) is 45.8 Å². The van der Waals surface area contributed by atoms with Crippen molar-refractivity contribution in [3.05, 3.63) is 88.5 Å². The first kappa shape index (κ1) is 39.7. The predicted octanol–water partition coefficient (Wildman–Crippen LogP) is 7.92. The molecule has 7 nitrogen and oxygen atoms in total. The first-order valence-corrected chi connectivity index (χ1v) is 16.8. The van der Waals surface area contributed by atoms with E-state index in [1.807, 2.05) is 77.9 Å². The Morgan fingerprint density at radius 2 is 1.49 bits per heavy atom. The summed E-state index contributed by atoms with van der Waals surface area (Å²) in [5.74, 6) is 1.14. The Bertz CT molecular complexity index is 1320. The summed E-state index contributed by atoms with van der Waals surface area (Å²) in [7, 11) is 11.2. The third kappa shape index (κ3) is 12.9. The quantitative estimate of drug-likeness (QED) is 0.119. The standard InChI is InChI=1S/C25H25B2O4P.C7H15NO2.C3H8/c1-16(2)22-14-19(10-11-23(22)28)25(26,27)24-17(3)12-21(13-18(24)4)30-15-32(29)31-20-8-6-5-7-9-20;1-3-6(4-2)10-7(9)5-8;1-3-2/h5-14,16H,15H2,1-4H3;6H,3-5,8H2,1-2H3;3H2,1-2H3/p+1. The van der Waals surface area contributed by atoms with E-state index < -0.39 is 13.2 Å². The van der Waals surface area contributed by atoms with E-state index >= 15 is 0 Å². The van der Waals surface area contributed by atoms with Crippen molar-refractivity contribution in [1.29, 1.82) is 0 Å². The number of benzene rings is 3. The normalized spacial score (nSPS) is 11.1. The molecule has 0 aliphatic rings. The Labute approximate surface area is 273 Å². The van der Waals surface area contributed by atoms with Crippen molar-refractivity contribution in [3.63, 3.8) is 0 Å². The Kier molecular flexibility index (Phi) is 17.6. The number of aromatic hydroxyl groups is 1. The summed E-state index contributed by atoms with van der Waals surface area (Å²) < 4.78 is 28.3. The Balaban J connectivity index is 0.000000657. The van der Waals surface area contributed by atoms with Gasteiger partial charge in [0, 0.05) is 0 Å². The average molecular weight is 632 g/mol. The van der Waals surface area contributed by atoms with E-state index in [9.17, 15) is 14.5 Å². The van der Waals surface area contributed by atoms with Crippen LogP contribution in [0.15, 0.2) is 60.7 Å². The largest absolute Gasteiger partial charge is 0.598 e. The van der Waals surface area contributed by atoms with Gasteiger partial charge in [0.2, 0.25) is 0 Å². The van der Waals surface area contributed by atoms with Crippen molar-refractivity contribution in [3.8, 4) is 17.2 Å². The number of esters is 1. The molecule has 0 heterocycles. The first-order valence-electron chi connectivity index (χ1n) is 15.5. The zero-order valence-corrected chi connectivity index (χ0v) is 29.0. The molecule has 0 saturated heterocycles. The number of rotatable bonds is 12. The molecule has 3 aromatic rings. The van der Waals surface area contributed by atoms with E-state index in [1.54, 1.807) is 24.3 Å². The molecule has 45 heavy (non-hydrogen) atoms. The lowest BCUT2D eigenvalue weighted by Gasteiger charge is -2.32. The summed E-state index contributed by atoms with van der Waals surface area (Å²) in [6.45, 7) is 16.0. The maximum Gasteiger partial charge on any atom is 0.598 e. The molecule has 3 N–H and O–H groups in total. The average Bonchev–Trinajstić information content (AvgIpc) is 2.99. The minimum Gasteiger partial charge on any atom is -0.508 e. The maximum atomic E-state index is 12.2. The Morgan fingerprint density at radius 3 is 1.98 bits per heavy atom. The topological polar surface area (TPSA) is 108 Å². The summed E-state index contributed by atoms with van der Waals surface area (Å²) in [5, 5.41) is 8.89. The lowest BCUT2D eigenvalue weighted by Crippen LogP contribution is -2.30. The highest BCUT2D eigenvalue weighted by molar-refractivity contribution is 7.39. The lowest BCUT2D eigenvalue weighted by atomic mass is 9.46. The van der Waals surface area contributed by atoms with Gasteiger partial charge in [-0.15, -0.1) is 0 Å². The molecule has 3 aromatic carbocycles. The molecular formula is C35H49B2NO6P+. The van der Waals surface area contributed by atoms with Gasteiger partial charge in [-0.1, -0.05) is 89.1 Å². The van der Waals surface area contributed by atoms with Gasteiger partial charge < -0.3 is 20.3 Å². The number of phenolic OH excluding ortho intramolecular Hbond substituents is 1. The number of carbonyl (C=O) groups excluding carboxylic acids is 1. The second-order valence-electron chi connectivity index (χ2n) is 11.1. The van der Waals surface area contributed by atoms with Gasteiger partial charge in [0.25, 0.3) is 0 Å². The minimum absolute atomic E-state index is 0.0174. The highest BCUT2D eigenvalue weighted by Gasteiger charge is 2.28. The van der Waals surface area contributed by atoms with Crippen molar-refractivity contribution in [2.75, 3.05) is 12.9 Å². The van der Waals surface area contributed by atoms with Crippen LogP contribution in [0.3, 0.4) is 0 Å². The van der Waals surface area contributed by atoms with Crippen LogP contribution in [0.1, 0.15) is 94.5 Å². The fourth-order valence-corrected chi connectivity index (χ4v) is 5.18. The fourth-order valence-electron chi connectivity index (χ4n) is 4.52. The van der Waals surface area contributed by atoms with Gasteiger partial charge in [0.15, 0.2) is 5.75 Å². The van der Waals surface area contributed by atoms with E-state index in [0.717, 1.165) is 35.1 Å². The van der Waals surface area contributed by atoms with Gasteiger partial charge >= 0.3 is 20.3 Å². The zero-order valence-electron chi connectivity index (χ0n) is 28.1. The fraction of sp³-hybridized carbons (Fsp3) is 0.457. The van der Waals surface area contributed by atoms with Crippen LogP contribution in [0, 0.1) is 13.8 Å². The van der Waals surface area contributed by atoms with E-state index in [-0.39, 0.29) is 36.6 Å². The summed E-state index contributed by atoms with van der Waals surface area (Å²) in [6.07, 6.45) is 2.95. The number of ether oxygens (including phenoxy) is 2. The van der Waals surface area contributed by atoms with Gasteiger partial charge in [0.05, 0.1) is 22.2 Å². The van der Waals surface area contributed by atoms with Gasteiger partial charge in [-0.05, 0) is 89.8 Å². The number of carbonyl (C=O) groups is 1. The predicted molar refractivity (Wildman–Crippen MR) is 186 cm³/mol. The molecule has 1 unspecified atom stereocenters. The monoisotopic (exact) mass is 632 g/mol. The smallest absolute Gasteiger partial charge is 0.508 e. The van der Waals surface area contributed by atoms with Crippen LogP contribution >= 0.6 is 8.03 Å². The molecule has 0 aliphatic carbocycles. The van der Waals surface area contributed by atoms with Crippen molar-refractivity contribution < 1.29 is 28.5 Å². The molecule has 0 bridgehead atoms. The second kappa shape index (κ2) is 20.0. The molecule has 0 aliphatic heterocycles. The SMILES string of the molecule is CCC.CCC(CC)OC(=O)CN.[B]C([B])(c1ccc(O)c(C(C)C)c1)c1c(C)cc(OC[P+](=O)Oc2ccccc2)cc1C. The summed E-state index contributed by atoms with van der Waals surface area (Å²) >= 11 is 0. The van der Waals surface area contributed by atoms with Crippen LogP contribution in [0.25, 0.3) is 0 Å². The number of aryl methyl sites for hydroxylation is 2. The van der Waals surface area contributed by atoms with E-state index in [1.165, 1.54) is 6.42 Å². The molecule has 3 rings (SSSR count). The molecular weight excluding hydrogens is 583 g/mol. The van der Waals surface area contributed by atoms with Crippen LogP contribution in [0.5, 0.6) is 17.2 Å². The summed E-state index contributed by atoms with van der Waals surface area (Å²) in [4.78, 5) is 10.6. The number of hydrogen-bond donors (Lipinski definition) is 2. The molecule has 4 radical (unpaired) electrons. The number of hydrogen-bond acceptors (Lipinski definition) is 7. The highest BCUT2D eigenvalue weighted by Crippen LogP contribution is 2.37. The van der Waals surface area contributed by atoms with Gasteiger partial charge in [-0.3, -0.25) is 9.32 Å². The summed E-state index contributed by atoms with van der Waals surface area (Å²) in [6, 6.07) is 17.9. The van der Waals surface area contributed by atoms with Gasteiger partial charge in [-0.2, -0.15) is 0 Å². The molecule has 240 valence electrons. The molecule has 0 spiro atoms. The van der Waals surface area contributed by atoms with Crippen LogP contribution < -0.4 is 15.0 Å². The minimum atomic E-state index is -2.02. The molecule has 10 heteroatoms. The van der Waals surface area contributed by atoms with E-state index in [4.69, 9.17) is 35.4 Å². The van der Waals surface area contributed by atoms with Crippen LogP contribution in [0.4, 0.5) is 0 Å². The van der Waals surface area contributed by atoms with E-state index in [0.29, 0.717) is 17.1 Å². The third-order valence-corrected chi connectivity index (χ3v) is 7.46. The molecule has 0 amide bonds. The molecule has 1 atom stereocenters. The number of para-hydroxylation sites is 1. The van der Waals surface area contributed by atoms with Crippen molar-refractivity contribution in [2.24, 2.45) is 5.73 Å². The number of nitrogens with two attached hydrogens (primary N) is 1. The molecule has 0 aromatic heterocycles. The Morgan fingerprint density at radius 1 is 0.933 bits per heavy atom. The van der Waals surface area contributed by atoms with Gasteiger partial charge in [-0.25, -0.2) is 0 Å². The van der Waals surface area contributed by atoms with E-state index in [2.05, 4.69) is 13.8 Å². The van der Waals surface area contributed by atoms with Crippen molar-refractivity contribution in [2.45, 2.75) is 91.9 Å². The van der Waals surface area contributed by atoms with Crippen LogP contribution in [0.2, 0.25) is 0 Å². The maximum absolute atomic E-state index is 12.2. The zero-order chi connectivity index (χ0) is 34.2. The first-order chi connectivity index (χ1) is 21.2. The Hall–Kier alpha value is -3.28. The van der Waals surface area contributed by atoms with Crippen LogP contribution in [-0.2, 0) is 19.3 Å². The molecule has 0 fully saturated rings. The third-order valence-electron chi connectivity index (χ3n) is 6.71. The summed E-state index contributed by atoms with van der Waals surface area (Å²) in [5.41, 5.74) is 9.03. The second-order valence-corrected chi connectivity index (χ2v) is 12.2.